The maximum absolute atomic E-state index is 4.43. The Hall–Kier alpha value is -2.14. The lowest BCUT2D eigenvalue weighted by Gasteiger charge is -2.02. The normalized spacial score (nSPS) is 9.53. The van der Waals surface area contributed by atoms with E-state index in [1.807, 2.05) is 38.1 Å². The van der Waals surface area contributed by atoms with Gasteiger partial charge in [-0.05, 0) is 31.4 Å². The molecule has 17 heavy (non-hydrogen) atoms. The fourth-order valence-corrected chi connectivity index (χ4v) is 1.68. The van der Waals surface area contributed by atoms with Gasteiger partial charge in [0.05, 0.1) is 0 Å². The number of rotatable bonds is 2. The van der Waals surface area contributed by atoms with Gasteiger partial charge in [0.15, 0.2) is 0 Å². The molecule has 1 heterocycles. The Morgan fingerprint density at radius 1 is 1.12 bits per heavy atom. The van der Waals surface area contributed by atoms with Crippen LogP contribution in [0, 0.1) is 18.8 Å². The highest BCUT2D eigenvalue weighted by Crippen LogP contribution is 2.07. The first kappa shape index (κ1) is 11.3. The van der Waals surface area contributed by atoms with Crippen LogP contribution in [0.3, 0.4) is 0 Å². The third-order valence-corrected chi connectivity index (χ3v) is 2.36. The van der Waals surface area contributed by atoms with Gasteiger partial charge in [0, 0.05) is 12.1 Å². The highest BCUT2D eigenvalue weighted by Gasteiger charge is 2.01. The van der Waals surface area contributed by atoms with E-state index >= 15 is 0 Å². The van der Waals surface area contributed by atoms with Crippen molar-refractivity contribution in [2.24, 2.45) is 0 Å². The summed E-state index contributed by atoms with van der Waals surface area (Å²) in [6.45, 7) is 3.78. The van der Waals surface area contributed by atoms with E-state index in [1.54, 1.807) is 0 Å². The Balaban J connectivity index is 2.29. The first-order valence-corrected chi connectivity index (χ1v) is 5.59. The van der Waals surface area contributed by atoms with Crippen molar-refractivity contribution < 1.29 is 0 Å². The molecule has 0 saturated carbocycles. The van der Waals surface area contributed by atoms with Gasteiger partial charge >= 0.3 is 0 Å². The van der Waals surface area contributed by atoms with Gasteiger partial charge in [-0.3, -0.25) is 0 Å². The lowest BCUT2D eigenvalue weighted by atomic mass is 10.1. The second-order valence-electron chi connectivity index (χ2n) is 3.85. The number of nitrogens with zero attached hydrogens (tertiary/aromatic N) is 2. The summed E-state index contributed by atoms with van der Waals surface area (Å²) in [5.74, 6) is 6.66. The molecular weight excluding hydrogens is 208 g/mol. The molecule has 0 bridgehead atoms. The standard InChI is InChI=1S/C15H14N2/c1-3-7-14-10-12(2)16-15(17-14)11-13-8-5-4-6-9-13/h4-6,8-10H,11H2,1-2H3. The van der Waals surface area contributed by atoms with Crippen molar-refractivity contribution in [3.8, 4) is 11.8 Å². The maximum Gasteiger partial charge on any atom is 0.134 e. The molecule has 0 fully saturated rings. The zero-order valence-electron chi connectivity index (χ0n) is 10.1. The molecule has 84 valence electrons. The predicted molar refractivity (Wildman–Crippen MR) is 68.6 cm³/mol. The monoisotopic (exact) mass is 222 g/mol. The van der Waals surface area contributed by atoms with E-state index in [2.05, 4.69) is 33.9 Å². The maximum atomic E-state index is 4.43. The Kier molecular flexibility index (Phi) is 3.52. The molecule has 0 saturated heterocycles. The lowest BCUT2D eigenvalue weighted by molar-refractivity contribution is 0.934. The molecule has 0 atom stereocenters. The van der Waals surface area contributed by atoms with Crippen molar-refractivity contribution in [3.05, 3.63) is 59.2 Å². The SMILES string of the molecule is CC#Cc1cc(C)nc(Cc2ccccc2)n1. The van der Waals surface area contributed by atoms with Crippen LogP contribution in [0.2, 0.25) is 0 Å². The van der Waals surface area contributed by atoms with E-state index < -0.39 is 0 Å². The fraction of sp³-hybridized carbons (Fsp3) is 0.200. The van der Waals surface area contributed by atoms with E-state index in [9.17, 15) is 0 Å². The highest BCUT2D eigenvalue weighted by atomic mass is 14.9. The van der Waals surface area contributed by atoms with Crippen molar-refractivity contribution in [2.45, 2.75) is 20.3 Å². The van der Waals surface area contributed by atoms with Crippen LogP contribution in [0.15, 0.2) is 36.4 Å². The van der Waals surface area contributed by atoms with Crippen molar-refractivity contribution in [3.63, 3.8) is 0 Å². The van der Waals surface area contributed by atoms with Crippen LogP contribution in [0.1, 0.15) is 29.7 Å². The number of hydrogen-bond donors (Lipinski definition) is 0. The van der Waals surface area contributed by atoms with Gasteiger partial charge in [0.1, 0.15) is 11.5 Å². The minimum absolute atomic E-state index is 0.751. The molecule has 2 rings (SSSR count). The number of hydrogen-bond acceptors (Lipinski definition) is 2. The molecule has 0 amide bonds. The Bertz CT molecular complexity index is 562. The van der Waals surface area contributed by atoms with Gasteiger partial charge < -0.3 is 0 Å². The molecule has 0 N–H and O–H groups in total. The summed E-state index contributed by atoms with van der Waals surface area (Å²) < 4.78 is 0. The summed E-state index contributed by atoms with van der Waals surface area (Å²) in [6.07, 6.45) is 0.751. The van der Waals surface area contributed by atoms with Gasteiger partial charge in [-0.1, -0.05) is 36.3 Å². The molecule has 2 heteroatoms. The average Bonchev–Trinajstić information content (AvgIpc) is 2.30. The van der Waals surface area contributed by atoms with Crippen LogP contribution in [0.25, 0.3) is 0 Å². The molecule has 0 aliphatic carbocycles. The van der Waals surface area contributed by atoms with Crippen LogP contribution >= 0.6 is 0 Å². The second-order valence-corrected chi connectivity index (χ2v) is 3.85. The minimum Gasteiger partial charge on any atom is -0.238 e. The van der Waals surface area contributed by atoms with Gasteiger partial charge in [-0.2, -0.15) is 0 Å². The third-order valence-electron chi connectivity index (χ3n) is 2.36. The summed E-state index contributed by atoms with van der Waals surface area (Å²) >= 11 is 0. The summed E-state index contributed by atoms with van der Waals surface area (Å²) in [5, 5.41) is 0. The molecule has 0 spiro atoms. The molecule has 0 aliphatic heterocycles. The molecule has 1 aromatic carbocycles. The molecule has 1 aromatic heterocycles. The average molecular weight is 222 g/mol. The Labute approximate surface area is 102 Å². The van der Waals surface area contributed by atoms with Gasteiger partial charge in [0.25, 0.3) is 0 Å². The Morgan fingerprint density at radius 2 is 1.88 bits per heavy atom. The summed E-state index contributed by atoms with van der Waals surface area (Å²) in [7, 11) is 0. The lowest BCUT2D eigenvalue weighted by Crippen LogP contribution is -2.00. The quantitative estimate of drug-likeness (QED) is 0.730. The van der Waals surface area contributed by atoms with E-state index in [4.69, 9.17) is 0 Å². The predicted octanol–water partition coefficient (Wildman–Crippen LogP) is 2.75. The van der Waals surface area contributed by atoms with Crippen molar-refractivity contribution >= 4 is 0 Å². The van der Waals surface area contributed by atoms with Crippen LogP contribution < -0.4 is 0 Å². The largest absolute Gasteiger partial charge is 0.238 e. The molecule has 0 aliphatic rings. The summed E-state index contributed by atoms with van der Waals surface area (Å²) in [6, 6.07) is 12.1. The fourth-order valence-electron chi connectivity index (χ4n) is 1.68. The van der Waals surface area contributed by atoms with Crippen LogP contribution in [0.5, 0.6) is 0 Å². The van der Waals surface area contributed by atoms with E-state index in [0.29, 0.717) is 0 Å². The van der Waals surface area contributed by atoms with E-state index in [-0.39, 0.29) is 0 Å². The minimum atomic E-state index is 0.751. The smallest absolute Gasteiger partial charge is 0.134 e. The van der Waals surface area contributed by atoms with Crippen LogP contribution in [-0.4, -0.2) is 9.97 Å². The van der Waals surface area contributed by atoms with Gasteiger partial charge in [-0.25, -0.2) is 9.97 Å². The van der Waals surface area contributed by atoms with Crippen molar-refractivity contribution in [2.75, 3.05) is 0 Å². The summed E-state index contributed by atoms with van der Waals surface area (Å²) in [5.41, 5.74) is 2.98. The number of aromatic nitrogens is 2. The van der Waals surface area contributed by atoms with Crippen LogP contribution in [-0.2, 0) is 6.42 Å². The van der Waals surface area contributed by atoms with E-state index in [0.717, 1.165) is 23.6 Å². The van der Waals surface area contributed by atoms with Crippen molar-refractivity contribution in [1.82, 2.24) is 9.97 Å². The zero-order valence-corrected chi connectivity index (χ0v) is 10.1. The van der Waals surface area contributed by atoms with E-state index in [1.165, 1.54) is 5.56 Å². The number of aryl methyl sites for hydroxylation is 1. The third kappa shape index (κ3) is 3.15. The first-order valence-electron chi connectivity index (χ1n) is 5.59. The molecule has 0 unspecified atom stereocenters. The molecule has 2 aromatic rings. The molecule has 0 radical (unpaired) electrons. The first-order chi connectivity index (χ1) is 8.28. The topological polar surface area (TPSA) is 25.8 Å². The number of benzene rings is 1. The summed E-state index contributed by atoms with van der Waals surface area (Å²) in [4.78, 5) is 8.87. The van der Waals surface area contributed by atoms with Crippen LogP contribution in [0.4, 0.5) is 0 Å². The second kappa shape index (κ2) is 5.27. The van der Waals surface area contributed by atoms with Gasteiger partial charge in [0.2, 0.25) is 0 Å². The van der Waals surface area contributed by atoms with Crippen molar-refractivity contribution in [1.29, 1.82) is 0 Å². The van der Waals surface area contributed by atoms with Gasteiger partial charge in [-0.15, -0.1) is 0 Å². The molecular formula is C15H14N2. The highest BCUT2D eigenvalue weighted by molar-refractivity contribution is 5.29. The zero-order chi connectivity index (χ0) is 12.1. The Morgan fingerprint density at radius 3 is 2.59 bits per heavy atom. The molecule has 2 nitrogen and oxygen atoms in total.